The van der Waals surface area contributed by atoms with Gasteiger partial charge in [0, 0.05) is 38.7 Å². The number of carbonyl (C=O) groups is 2. The van der Waals surface area contributed by atoms with Crippen molar-refractivity contribution in [3.05, 3.63) is 35.1 Å². The summed E-state index contributed by atoms with van der Waals surface area (Å²) in [4.78, 5) is 26.2. The van der Waals surface area contributed by atoms with Crippen LogP contribution in [0.25, 0.3) is 0 Å². The molecule has 1 aromatic carbocycles. The van der Waals surface area contributed by atoms with Crippen molar-refractivity contribution in [1.29, 1.82) is 0 Å². The third-order valence-corrected chi connectivity index (χ3v) is 3.24. The molecule has 1 aliphatic heterocycles. The number of piperazine rings is 1. The second kappa shape index (κ2) is 5.52. The normalized spacial score (nSPS) is 15.4. The van der Waals surface area contributed by atoms with E-state index in [0.29, 0.717) is 25.2 Å². The van der Waals surface area contributed by atoms with Gasteiger partial charge in [-0.2, -0.15) is 0 Å². The van der Waals surface area contributed by atoms with Gasteiger partial charge in [-0.3, -0.25) is 9.59 Å². The minimum Gasteiger partial charge on any atom is -0.339 e. The molecule has 0 aromatic heterocycles. The van der Waals surface area contributed by atoms with Gasteiger partial charge < -0.3 is 9.80 Å². The van der Waals surface area contributed by atoms with E-state index in [9.17, 15) is 22.8 Å². The van der Waals surface area contributed by atoms with E-state index in [1.165, 1.54) is 11.8 Å². The van der Waals surface area contributed by atoms with E-state index >= 15 is 0 Å². The second-order valence-corrected chi connectivity index (χ2v) is 4.55. The van der Waals surface area contributed by atoms with E-state index in [1.807, 2.05) is 0 Å². The zero-order valence-electron chi connectivity index (χ0n) is 10.8. The number of hydrogen-bond donors (Lipinski definition) is 0. The highest BCUT2D eigenvalue weighted by atomic mass is 19.2. The Bertz CT molecular complexity index is 532. The molecule has 2 rings (SSSR count). The quantitative estimate of drug-likeness (QED) is 0.732. The lowest BCUT2D eigenvalue weighted by Crippen LogP contribution is -2.50. The highest BCUT2D eigenvalue weighted by Gasteiger charge is 2.24. The van der Waals surface area contributed by atoms with Crippen molar-refractivity contribution in [3.63, 3.8) is 0 Å². The van der Waals surface area contributed by atoms with Crippen LogP contribution in [-0.2, 0) is 4.79 Å². The molecule has 1 saturated heterocycles. The van der Waals surface area contributed by atoms with E-state index in [4.69, 9.17) is 0 Å². The average Bonchev–Trinajstić information content (AvgIpc) is 2.43. The number of hydrogen-bond acceptors (Lipinski definition) is 2. The molecule has 7 heteroatoms. The number of carbonyl (C=O) groups excluding carboxylic acids is 2. The predicted octanol–water partition coefficient (Wildman–Crippen LogP) is 1.41. The minimum atomic E-state index is -1.59. The van der Waals surface area contributed by atoms with Gasteiger partial charge in [0.25, 0.3) is 5.91 Å². The molecule has 0 spiro atoms. The standard InChI is InChI=1S/C13H13F3N2O2/c1-8(19)17-2-4-18(5-3-17)13(20)9-6-10(14)12(16)11(15)7-9/h6-7H,2-5H2,1H3. The summed E-state index contributed by atoms with van der Waals surface area (Å²) in [5.41, 5.74) is -0.238. The van der Waals surface area contributed by atoms with Crippen LogP contribution in [0.5, 0.6) is 0 Å². The Morgan fingerprint density at radius 2 is 1.40 bits per heavy atom. The van der Waals surface area contributed by atoms with Gasteiger partial charge in [-0.15, -0.1) is 0 Å². The van der Waals surface area contributed by atoms with Crippen LogP contribution in [0.15, 0.2) is 12.1 Å². The monoisotopic (exact) mass is 286 g/mol. The number of halogens is 3. The van der Waals surface area contributed by atoms with Crippen LogP contribution in [0.3, 0.4) is 0 Å². The molecule has 0 saturated carbocycles. The Hall–Kier alpha value is -2.05. The molecule has 1 fully saturated rings. The maximum Gasteiger partial charge on any atom is 0.254 e. The number of rotatable bonds is 1. The predicted molar refractivity (Wildman–Crippen MR) is 64.5 cm³/mol. The third-order valence-electron chi connectivity index (χ3n) is 3.24. The maximum atomic E-state index is 13.1. The summed E-state index contributed by atoms with van der Waals surface area (Å²) in [6, 6.07) is 1.36. The van der Waals surface area contributed by atoms with Gasteiger partial charge in [0.2, 0.25) is 5.91 Å². The van der Waals surface area contributed by atoms with Gasteiger partial charge in [0.05, 0.1) is 0 Å². The molecule has 0 unspecified atom stereocenters. The van der Waals surface area contributed by atoms with Crippen LogP contribution in [0.2, 0.25) is 0 Å². The van der Waals surface area contributed by atoms with Crippen LogP contribution in [0.4, 0.5) is 13.2 Å². The van der Waals surface area contributed by atoms with Crippen molar-refractivity contribution in [3.8, 4) is 0 Å². The number of nitrogens with zero attached hydrogens (tertiary/aromatic N) is 2. The minimum absolute atomic E-state index is 0.0871. The molecular formula is C13H13F3N2O2. The first-order valence-corrected chi connectivity index (χ1v) is 6.09. The van der Waals surface area contributed by atoms with E-state index < -0.39 is 23.4 Å². The molecule has 4 nitrogen and oxygen atoms in total. The summed E-state index contributed by atoms with van der Waals surface area (Å²) < 4.78 is 39.0. The summed E-state index contributed by atoms with van der Waals surface area (Å²) in [6.07, 6.45) is 0. The summed E-state index contributed by atoms with van der Waals surface area (Å²) in [5, 5.41) is 0. The second-order valence-electron chi connectivity index (χ2n) is 4.55. The summed E-state index contributed by atoms with van der Waals surface area (Å²) in [5.74, 6) is -5.05. The van der Waals surface area contributed by atoms with Crippen LogP contribution in [0, 0.1) is 17.5 Å². The molecule has 0 aliphatic carbocycles. The smallest absolute Gasteiger partial charge is 0.254 e. The molecule has 20 heavy (non-hydrogen) atoms. The maximum absolute atomic E-state index is 13.1. The molecule has 0 radical (unpaired) electrons. The fourth-order valence-electron chi connectivity index (χ4n) is 2.09. The Morgan fingerprint density at radius 1 is 0.950 bits per heavy atom. The summed E-state index contributed by atoms with van der Waals surface area (Å²) in [7, 11) is 0. The van der Waals surface area contributed by atoms with Crippen molar-refractivity contribution >= 4 is 11.8 Å². The van der Waals surface area contributed by atoms with Gasteiger partial charge in [0.15, 0.2) is 17.5 Å². The van der Waals surface area contributed by atoms with Gasteiger partial charge in [-0.05, 0) is 12.1 Å². The number of amides is 2. The van der Waals surface area contributed by atoms with Crippen LogP contribution < -0.4 is 0 Å². The first-order valence-electron chi connectivity index (χ1n) is 6.09. The zero-order valence-corrected chi connectivity index (χ0v) is 10.8. The van der Waals surface area contributed by atoms with Crippen molar-refractivity contribution in [2.24, 2.45) is 0 Å². The van der Waals surface area contributed by atoms with E-state index in [0.717, 1.165) is 0 Å². The molecule has 1 aliphatic rings. The first kappa shape index (κ1) is 14.4. The largest absolute Gasteiger partial charge is 0.339 e. The van der Waals surface area contributed by atoms with Crippen molar-refractivity contribution in [2.45, 2.75) is 6.92 Å². The third kappa shape index (κ3) is 2.76. The molecule has 0 N–H and O–H groups in total. The molecule has 0 atom stereocenters. The van der Waals surface area contributed by atoms with E-state index in [2.05, 4.69) is 0 Å². The van der Waals surface area contributed by atoms with Gasteiger partial charge >= 0.3 is 0 Å². The van der Waals surface area contributed by atoms with Crippen molar-refractivity contribution < 1.29 is 22.8 Å². The lowest BCUT2D eigenvalue weighted by Gasteiger charge is -2.34. The topological polar surface area (TPSA) is 40.6 Å². The lowest BCUT2D eigenvalue weighted by molar-refractivity contribution is -0.130. The van der Waals surface area contributed by atoms with Crippen molar-refractivity contribution in [2.75, 3.05) is 26.2 Å². The Labute approximate surface area is 113 Å². The van der Waals surface area contributed by atoms with Crippen LogP contribution >= 0.6 is 0 Å². The summed E-state index contributed by atoms with van der Waals surface area (Å²) >= 11 is 0. The Kier molecular flexibility index (Phi) is 3.96. The Morgan fingerprint density at radius 3 is 1.85 bits per heavy atom. The van der Waals surface area contributed by atoms with Crippen LogP contribution in [-0.4, -0.2) is 47.8 Å². The highest BCUT2D eigenvalue weighted by molar-refractivity contribution is 5.94. The highest BCUT2D eigenvalue weighted by Crippen LogP contribution is 2.16. The van der Waals surface area contributed by atoms with E-state index in [1.54, 1.807) is 4.90 Å². The van der Waals surface area contributed by atoms with Crippen LogP contribution in [0.1, 0.15) is 17.3 Å². The average molecular weight is 286 g/mol. The summed E-state index contributed by atoms with van der Waals surface area (Å²) in [6.45, 7) is 2.72. The fraction of sp³-hybridized carbons (Fsp3) is 0.385. The Balaban J connectivity index is 2.11. The molecule has 108 valence electrons. The SMILES string of the molecule is CC(=O)N1CCN(C(=O)c2cc(F)c(F)c(F)c2)CC1. The molecule has 2 amide bonds. The van der Waals surface area contributed by atoms with Gasteiger partial charge in [-0.1, -0.05) is 0 Å². The molecule has 1 heterocycles. The number of benzene rings is 1. The molecule has 0 bridgehead atoms. The lowest BCUT2D eigenvalue weighted by atomic mass is 10.1. The van der Waals surface area contributed by atoms with Gasteiger partial charge in [-0.25, -0.2) is 13.2 Å². The first-order chi connectivity index (χ1) is 9.40. The fourth-order valence-corrected chi connectivity index (χ4v) is 2.09. The molecule has 1 aromatic rings. The van der Waals surface area contributed by atoms with E-state index in [-0.39, 0.29) is 24.6 Å². The molecular weight excluding hydrogens is 273 g/mol. The zero-order chi connectivity index (χ0) is 14.9. The van der Waals surface area contributed by atoms with Gasteiger partial charge in [0.1, 0.15) is 0 Å². The van der Waals surface area contributed by atoms with Crippen molar-refractivity contribution in [1.82, 2.24) is 9.80 Å².